The van der Waals surface area contributed by atoms with Crippen molar-refractivity contribution in [2.24, 2.45) is 0 Å². The molecule has 3 rings (SSSR count). The van der Waals surface area contributed by atoms with Gasteiger partial charge in [0.15, 0.2) is 0 Å². The maximum Gasteiger partial charge on any atom is 0.319 e. The minimum Gasteiger partial charge on any atom is -0.352 e. The molecule has 2 aromatic rings. The Bertz CT molecular complexity index is 1050. The number of carbonyl (C=O) groups excluding carboxylic acids is 2. The third kappa shape index (κ3) is 4.91. The van der Waals surface area contributed by atoms with Crippen LogP contribution in [-0.4, -0.2) is 45.7 Å². The Morgan fingerprint density at radius 2 is 1.87 bits per heavy atom. The van der Waals surface area contributed by atoms with Crippen LogP contribution in [-0.2, 0) is 16.4 Å². The van der Waals surface area contributed by atoms with Gasteiger partial charge in [0.2, 0.25) is 10.0 Å². The van der Waals surface area contributed by atoms with Gasteiger partial charge in [0.1, 0.15) is 0 Å². The van der Waals surface area contributed by atoms with Crippen molar-refractivity contribution in [3.8, 4) is 0 Å². The van der Waals surface area contributed by atoms with Crippen molar-refractivity contribution in [3.63, 3.8) is 0 Å². The van der Waals surface area contributed by atoms with Crippen LogP contribution in [0.3, 0.4) is 0 Å². The Hall–Kier alpha value is -3.07. The van der Waals surface area contributed by atoms with Crippen LogP contribution in [0.25, 0.3) is 0 Å². The fraction of sp³-hybridized carbons (Fsp3) is 0.333. The minimum absolute atomic E-state index is 0.0259. The van der Waals surface area contributed by atoms with Crippen molar-refractivity contribution >= 4 is 33.3 Å². The molecule has 0 saturated heterocycles. The molecular weight excluding hydrogens is 404 g/mol. The number of benzene rings is 2. The van der Waals surface area contributed by atoms with Crippen LogP contribution in [0, 0.1) is 6.92 Å². The van der Waals surface area contributed by atoms with Gasteiger partial charge in [-0.1, -0.05) is 24.3 Å². The van der Waals surface area contributed by atoms with E-state index in [1.165, 1.54) is 4.31 Å². The van der Waals surface area contributed by atoms with Gasteiger partial charge in [0.05, 0.1) is 11.4 Å². The number of nitrogens with zero attached hydrogens (tertiary/aromatic N) is 1. The van der Waals surface area contributed by atoms with Gasteiger partial charge >= 0.3 is 6.03 Å². The van der Waals surface area contributed by atoms with Gasteiger partial charge in [-0.15, -0.1) is 0 Å². The van der Waals surface area contributed by atoms with E-state index in [0.29, 0.717) is 36.4 Å². The molecule has 0 atom stereocenters. The molecule has 160 valence electrons. The Labute approximate surface area is 176 Å². The summed E-state index contributed by atoms with van der Waals surface area (Å²) >= 11 is 0. The summed E-state index contributed by atoms with van der Waals surface area (Å²) in [5, 5.41) is 7.97. The molecule has 9 heteroatoms. The molecule has 3 amide bonds. The quantitative estimate of drug-likeness (QED) is 0.626. The van der Waals surface area contributed by atoms with Crippen LogP contribution >= 0.6 is 0 Å². The summed E-state index contributed by atoms with van der Waals surface area (Å²) in [5.41, 5.74) is 3.44. The maximum absolute atomic E-state index is 12.7. The molecule has 0 bridgehead atoms. The molecule has 1 aliphatic rings. The van der Waals surface area contributed by atoms with E-state index in [9.17, 15) is 18.0 Å². The van der Waals surface area contributed by atoms with E-state index in [0.717, 1.165) is 11.1 Å². The number of nitrogens with one attached hydrogen (secondary N) is 3. The Balaban J connectivity index is 1.57. The lowest BCUT2D eigenvalue weighted by atomic mass is 10.1. The molecule has 0 radical (unpaired) electrons. The van der Waals surface area contributed by atoms with Gasteiger partial charge in [0, 0.05) is 30.9 Å². The summed E-state index contributed by atoms with van der Waals surface area (Å²) in [6.07, 6.45) is 0.685. The van der Waals surface area contributed by atoms with Crippen molar-refractivity contribution in [1.29, 1.82) is 0 Å². The van der Waals surface area contributed by atoms with Crippen molar-refractivity contribution < 1.29 is 18.0 Å². The molecule has 30 heavy (non-hydrogen) atoms. The number of urea groups is 1. The van der Waals surface area contributed by atoms with E-state index in [1.54, 1.807) is 24.3 Å². The molecule has 0 aromatic heterocycles. The standard InChI is InChI=1S/C21H26N4O4S/c1-3-22-20(26)17-9-8-15(2)18(14-17)24-21(27)23-11-13-30(28,29)25-12-10-16-6-4-5-7-19(16)25/h4-9,14H,3,10-13H2,1-2H3,(H,22,26)(H2,23,24,27). The normalized spacial score (nSPS) is 12.9. The fourth-order valence-electron chi connectivity index (χ4n) is 3.33. The number of para-hydroxylation sites is 1. The first-order valence-corrected chi connectivity index (χ1v) is 11.4. The SMILES string of the molecule is CCNC(=O)c1ccc(C)c(NC(=O)NCCS(=O)(=O)N2CCc3ccccc32)c1. The smallest absolute Gasteiger partial charge is 0.319 e. The summed E-state index contributed by atoms with van der Waals surface area (Å²) in [4.78, 5) is 24.2. The minimum atomic E-state index is -3.54. The largest absolute Gasteiger partial charge is 0.352 e. The highest BCUT2D eigenvalue weighted by atomic mass is 32.2. The van der Waals surface area contributed by atoms with Crippen LogP contribution < -0.4 is 20.3 Å². The lowest BCUT2D eigenvalue weighted by Crippen LogP contribution is -2.38. The second-order valence-electron chi connectivity index (χ2n) is 7.04. The average Bonchev–Trinajstić information content (AvgIpc) is 3.15. The molecule has 0 fully saturated rings. The lowest BCUT2D eigenvalue weighted by molar-refractivity contribution is 0.0956. The molecule has 2 aromatic carbocycles. The van der Waals surface area contributed by atoms with Crippen LogP contribution in [0.4, 0.5) is 16.2 Å². The van der Waals surface area contributed by atoms with E-state index in [2.05, 4.69) is 16.0 Å². The van der Waals surface area contributed by atoms with E-state index in [1.807, 2.05) is 32.0 Å². The molecule has 0 aliphatic carbocycles. The molecule has 1 heterocycles. The number of rotatable bonds is 7. The topological polar surface area (TPSA) is 108 Å². The van der Waals surface area contributed by atoms with Gasteiger partial charge in [-0.25, -0.2) is 13.2 Å². The monoisotopic (exact) mass is 430 g/mol. The van der Waals surface area contributed by atoms with Crippen molar-refractivity contribution in [2.75, 3.05) is 35.0 Å². The summed E-state index contributed by atoms with van der Waals surface area (Å²) in [6, 6.07) is 11.9. The molecule has 0 spiro atoms. The Morgan fingerprint density at radius 3 is 2.63 bits per heavy atom. The second-order valence-corrected chi connectivity index (χ2v) is 9.05. The van der Waals surface area contributed by atoms with E-state index in [4.69, 9.17) is 0 Å². The number of carbonyl (C=O) groups is 2. The van der Waals surface area contributed by atoms with Gasteiger partial charge in [-0.2, -0.15) is 0 Å². The number of fused-ring (bicyclic) bond motifs is 1. The van der Waals surface area contributed by atoms with Crippen molar-refractivity contribution in [1.82, 2.24) is 10.6 Å². The number of sulfonamides is 1. The highest BCUT2D eigenvalue weighted by Crippen LogP contribution is 2.29. The number of amides is 3. The predicted molar refractivity (Wildman–Crippen MR) is 117 cm³/mol. The Morgan fingerprint density at radius 1 is 1.10 bits per heavy atom. The van der Waals surface area contributed by atoms with E-state index < -0.39 is 16.1 Å². The van der Waals surface area contributed by atoms with Crippen molar-refractivity contribution in [2.45, 2.75) is 20.3 Å². The zero-order chi connectivity index (χ0) is 21.7. The van der Waals surface area contributed by atoms with E-state index in [-0.39, 0.29) is 18.2 Å². The number of anilines is 2. The third-order valence-corrected chi connectivity index (χ3v) is 6.68. The van der Waals surface area contributed by atoms with Gasteiger partial charge in [-0.3, -0.25) is 9.10 Å². The fourth-order valence-corrected chi connectivity index (χ4v) is 4.76. The third-order valence-electron chi connectivity index (χ3n) is 4.91. The molecular formula is C21H26N4O4S. The van der Waals surface area contributed by atoms with Crippen LogP contribution in [0.1, 0.15) is 28.4 Å². The Kier molecular flexibility index (Phi) is 6.61. The van der Waals surface area contributed by atoms with Gasteiger partial charge in [0.25, 0.3) is 5.91 Å². The van der Waals surface area contributed by atoms with Crippen LogP contribution in [0.2, 0.25) is 0 Å². The summed E-state index contributed by atoms with van der Waals surface area (Å²) < 4.78 is 26.8. The second kappa shape index (κ2) is 9.17. The van der Waals surface area contributed by atoms with E-state index >= 15 is 0 Å². The first kappa shape index (κ1) is 21.6. The maximum atomic E-state index is 12.7. The zero-order valence-electron chi connectivity index (χ0n) is 17.1. The molecule has 0 saturated carbocycles. The van der Waals surface area contributed by atoms with Gasteiger partial charge in [-0.05, 0) is 49.6 Å². The number of hydrogen-bond acceptors (Lipinski definition) is 4. The van der Waals surface area contributed by atoms with Crippen LogP contribution in [0.5, 0.6) is 0 Å². The zero-order valence-corrected chi connectivity index (χ0v) is 17.9. The molecule has 0 unspecified atom stereocenters. The summed E-state index contributed by atoms with van der Waals surface area (Å²) in [7, 11) is -3.54. The highest BCUT2D eigenvalue weighted by Gasteiger charge is 2.28. The summed E-state index contributed by atoms with van der Waals surface area (Å²) in [5.74, 6) is -0.426. The number of aryl methyl sites for hydroxylation is 1. The average molecular weight is 431 g/mol. The molecule has 1 aliphatic heterocycles. The van der Waals surface area contributed by atoms with Crippen molar-refractivity contribution in [3.05, 3.63) is 59.2 Å². The molecule has 8 nitrogen and oxygen atoms in total. The summed E-state index contributed by atoms with van der Waals surface area (Å²) in [6.45, 7) is 4.54. The van der Waals surface area contributed by atoms with Crippen LogP contribution in [0.15, 0.2) is 42.5 Å². The highest BCUT2D eigenvalue weighted by molar-refractivity contribution is 7.92. The number of hydrogen-bond donors (Lipinski definition) is 3. The molecule has 3 N–H and O–H groups in total. The predicted octanol–water partition coefficient (Wildman–Crippen LogP) is 2.26. The van der Waals surface area contributed by atoms with Gasteiger partial charge < -0.3 is 16.0 Å². The first-order valence-electron chi connectivity index (χ1n) is 9.84. The first-order chi connectivity index (χ1) is 14.3. The lowest BCUT2D eigenvalue weighted by Gasteiger charge is -2.19.